The van der Waals surface area contributed by atoms with Crippen LogP contribution in [0.25, 0.3) is 0 Å². The molecule has 0 aromatic rings. The smallest absolute Gasteiger partial charge is 0.223 e. The van der Waals surface area contributed by atoms with E-state index in [-0.39, 0.29) is 29.7 Å². The molecule has 0 aromatic heterocycles. The van der Waals surface area contributed by atoms with Crippen molar-refractivity contribution < 1.29 is 9.59 Å². The Morgan fingerprint density at radius 1 is 1.06 bits per heavy atom. The fraction of sp³-hybridized carbons (Fsp3) is 0.846. The molecule has 0 aliphatic rings. The Hall–Kier alpha value is -1.06. The molecule has 4 heteroatoms. The second kappa shape index (κ2) is 8.09. The SMILES string of the molecule is CCNC(=O)C(C)CC(CC)C(=O)NC(C)C. The van der Waals surface area contributed by atoms with Crippen LogP contribution in [0.1, 0.15) is 47.5 Å². The Kier molecular flexibility index (Phi) is 7.59. The maximum Gasteiger partial charge on any atom is 0.223 e. The van der Waals surface area contributed by atoms with Crippen molar-refractivity contribution in [2.45, 2.75) is 53.5 Å². The molecule has 0 fully saturated rings. The van der Waals surface area contributed by atoms with Gasteiger partial charge in [0.05, 0.1) is 0 Å². The van der Waals surface area contributed by atoms with Crippen LogP contribution >= 0.6 is 0 Å². The highest BCUT2D eigenvalue weighted by molar-refractivity contribution is 5.81. The average Bonchev–Trinajstić information content (AvgIpc) is 2.24. The first kappa shape index (κ1) is 15.9. The third-order valence-electron chi connectivity index (χ3n) is 2.73. The average molecular weight is 242 g/mol. The minimum atomic E-state index is -0.113. The van der Waals surface area contributed by atoms with Crippen LogP contribution in [0.3, 0.4) is 0 Å². The molecule has 0 saturated carbocycles. The molecule has 2 N–H and O–H groups in total. The van der Waals surface area contributed by atoms with Gasteiger partial charge in [-0.2, -0.15) is 0 Å². The van der Waals surface area contributed by atoms with E-state index in [2.05, 4.69) is 10.6 Å². The number of carbonyl (C=O) groups excluding carboxylic acids is 2. The molecule has 2 unspecified atom stereocenters. The minimum absolute atomic E-state index is 0.0308. The molecule has 0 aliphatic heterocycles. The zero-order valence-electron chi connectivity index (χ0n) is 11.7. The van der Waals surface area contributed by atoms with Crippen molar-refractivity contribution in [3.05, 3.63) is 0 Å². The third-order valence-corrected chi connectivity index (χ3v) is 2.73. The summed E-state index contributed by atoms with van der Waals surface area (Å²) < 4.78 is 0. The molecule has 0 rings (SSSR count). The first-order chi connectivity index (χ1) is 7.92. The lowest BCUT2D eigenvalue weighted by Crippen LogP contribution is -2.38. The molecule has 2 amide bonds. The topological polar surface area (TPSA) is 58.2 Å². The Morgan fingerprint density at radius 3 is 2.06 bits per heavy atom. The number of carbonyl (C=O) groups is 2. The van der Waals surface area contributed by atoms with Crippen LogP contribution in [0.15, 0.2) is 0 Å². The van der Waals surface area contributed by atoms with E-state index in [0.29, 0.717) is 13.0 Å². The predicted octanol–water partition coefficient (Wildman–Crippen LogP) is 1.70. The van der Waals surface area contributed by atoms with Gasteiger partial charge in [0.1, 0.15) is 0 Å². The molecular weight excluding hydrogens is 216 g/mol. The first-order valence-electron chi connectivity index (χ1n) is 6.50. The van der Waals surface area contributed by atoms with Gasteiger partial charge in [0.25, 0.3) is 0 Å². The first-order valence-corrected chi connectivity index (χ1v) is 6.50. The standard InChI is InChI=1S/C13H26N2O2/c1-6-11(13(17)15-9(3)4)8-10(5)12(16)14-7-2/h9-11H,6-8H2,1-5H3,(H,14,16)(H,15,17). The van der Waals surface area contributed by atoms with Gasteiger partial charge < -0.3 is 10.6 Å². The van der Waals surface area contributed by atoms with Gasteiger partial charge >= 0.3 is 0 Å². The second-order valence-corrected chi connectivity index (χ2v) is 4.80. The Bertz CT molecular complexity index is 252. The fourth-order valence-electron chi connectivity index (χ4n) is 1.74. The molecule has 0 saturated heterocycles. The van der Waals surface area contributed by atoms with Gasteiger partial charge in [0, 0.05) is 24.4 Å². The van der Waals surface area contributed by atoms with Crippen LogP contribution < -0.4 is 10.6 Å². The molecular formula is C13H26N2O2. The molecule has 4 nitrogen and oxygen atoms in total. The molecule has 100 valence electrons. The van der Waals surface area contributed by atoms with Gasteiger partial charge in [0.15, 0.2) is 0 Å². The molecule has 0 spiro atoms. The largest absolute Gasteiger partial charge is 0.356 e. The van der Waals surface area contributed by atoms with Gasteiger partial charge in [-0.3, -0.25) is 9.59 Å². The van der Waals surface area contributed by atoms with Gasteiger partial charge in [-0.1, -0.05) is 13.8 Å². The van der Waals surface area contributed by atoms with Gasteiger partial charge in [-0.05, 0) is 33.6 Å². The van der Waals surface area contributed by atoms with Crippen LogP contribution in [0, 0.1) is 11.8 Å². The van der Waals surface area contributed by atoms with Crippen LogP contribution in [0.5, 0.6) is 0 Å². The lowest BCUT2D eigenvalue weighted by Gasteiger charge is -2.20. The van der Waals surface area contributed by atoms with Crippen molar-refractivity contribution in [2.75, 3.05) is 6.54 Å². The third kappa shape index (κ3) is 6.29. The van der Waals surface area contributed by atoms with E-state index < -0.39 is 0 Å². The quantitative estimate of drug-likeness (QED) is 0.714. The van der Waals surface area contributed by atoms with Crippen molar-refractivity contribution in [3.63, 3.8) is 0 Å². The second-order valence-electron chi connectivity index (χ2n) is 4.80. The maximum absolute atomic E-state index is 11.9. The van der Waals surface area contributed by atoms with E-state index in [1.54, 1.807) is 0 Å². The molecule has 0 aromatic carbocycles. The van der Waals surface area contributed by atoms with Gasteiger partial charge in [-0.25, -0.2) is 0 Å². The van der Waals surface area contributed by atoms with E-state index in [0.717, 1.165) is 6.42 Å². The van der Waals surface area contributed by atoms with Crippen LogP contribution in [0.4, 0.5) is 0 Å². The monoisotopic (exact) mass is 242 g/mol. The molecule has 0 radical (unpaired) electrons. The fourth-order valence-corrected chi connectivity index (χ4v) is 1.74. The highest BCUT2D eigenvalue weighted by Crippen LogP contribution is 2.16. The summed E-state index contributed by atoms with van der Waals surface area (Å²) in [6.45, 7) is 10.3. The number of nitrogens with one attached hydrogen (secondary N) is 2. The summed E-state index contributed by atoms with van der Waals surface area (Å²) in [5.74, 6) is -0.102. The summed E-state index contributed by atoms with van der Waals surface area (Å²) in [6, 6.07) is 0.149. The molecule has 2 atom stereocenters. The zero-order valence-corrected chi connectivity index (χ0v) is 11.7. The number of rotatable bonds is 7. The number of hydrogen-bond acceptors (Lipinski definition) is 2. The summed E-state index contributed by atoms with van der Waals surface area (Å²) in [6.07, 6.45) is 1.38. The van der Waals surface area contributed by atoms with Gasteiger partial charge in [-0.15, -0.1) is 0 Å². The van der Waals surface area contributed by atoms with E-state index >= 15 is 0 Å². The van der Waals surface area contributed by atoms with E-state index in [4.69, 9.17) is 0 Å². The Labute approximate surface area is 105 Å². The zero-order chi connectivity index (χ0) is 13.4. The molecule has 0 aliphatic carbocycles. The van der Waals surface area contributed by atoms with E-state index in [1.165, 1.54) is 0 Å². The van der Waals surface area contributed by atoms with Crippen molar-refractivity contribution in [3.8, 4) is 0 Å². The summed E-state index contributed by atoms with van der Waals surface area (Å²) in [5.41, 5.74) is 0. The van der Waals surface area contributed by atoms with Crippen molar-refractivity contribution >= 4 is 11.8 Å². The lowest BCUT2D eigenvalue weighted by atomic mass is 9.92. The van der Waals surface area contributed by atoms with Crippen LogP contribution in [-0.2, 0) is 9.59 Å². The minimum Gasteiger partial charge on any atom is -0.356 e. The van der Waals surface area contributed by atoms with Crippen LogP contribution in [-0.4, -0.2) is 24.4 Å². The maximum atomic E-state index is 11.9. The van der Waals surface area contributed by atoms with Crippen molar-refractivity contribution in [1.82, 2.24) is 10.6 Å². The van der Waals surface area contributed by atoms with Gasteiger partial charge in [0.2, 0.25) is 11.8 Å². The van der Waals surface area contributed by atoms with E-state index in [1.807, 2.05) is 34.6 Å². The Balaban J connectivity index is 4.29. The van der Waals surface area contributed by atoms with Crippen molar-refractivity contribution in [2.24, 2.45) is 11.8 Å². The molecule has 0 bridgehead atoms. The predicted molar refractivity (Wildman–Crippen MR) is 69.5 cm³/mol. The summed E-state index contributed by atoms with van der Waals surface area (Å²) in [5, 5.41) is 5.68. The van der Waals surface area contributed by atoms with Crippen LogP contribution in [0.2, 0.25) is 0 Å². The van der Waals surface area contributed by atoms with E-state index in [9.17, 15) is 9.59 Å². The Morgan fingerprint density at radius 2 is 1.65 bits per heavy atom. The van der Waals surface area contributed by atoms with Crippen molar-refractivity contribution in [1.29, 1.82) is 0 Å². The highest BCUT2D eigenvalue weighted by atomic mass is 16.2. The number of hydrogen-bond donors (Lipinski definition) is 2. The number of amides is 2. The summed E-state index contributed by atoms with van der Waals surface area (Å²) in [4.78, 5) is 23.5. The highest BCUT2D eigenvalue weighted by Gasteiger charge is 2.23. The molecule has 17 heavy (non-hydrogen) atoms. The summed E-state index contributed by atoms with van der Waals surface area (Å²) >= 11 is 0. The molecule has 0 heterocycles. The summed E-state index contributed by atoms with van der Waals surface area (Å²) in [7, 11) is 0. The normalized spacial score (nSPS) is 14.2. The lowest BCUT2D eigenvalue weighted by molar-refractivity contribution is -0.128.